The van der Waals surface area contributed by atoms with Gasteiger partial charge in [-0.25, -0.2) is 0 Å². The normalized spacial score (nSPS) is 14.4. The Kier molecular flexibility index (Phi) is 34.1. The largest absolute Gasteiger partial charge is 0.396 e. The molecular weight excluding hydrogens is 976 g/mol. The number of aliphatic hydroxyl groups excluding tert-OH is 1. The highest BCUT2D eigenvalue weighted by atomic mass is 127. The molecule has 2 unspecified atom stereocenters. The lowest BCUT2D eigenvalue weighted by Crippen LogP contribution is -2.63. The molecule has 328 valence electrons. The van der Waals surface area contributed by atoms with Crippen LogP contribution in [0, 0.1) is 38.5 Å². The second-order valence-corrected chi connectivity index (χ2v) is 22.2. The van der Waals surface area contributed by atoms with Gasteiger partial charge >= 0.3 is 0 Å². The van der Waals surface area contributed by atoms with E-state index >= 15 is 0 Å². The SMILES string of the molecule is C#CCCCCO.C#CCCCCOS(=O)(=O)c1ccc(C)cc1.[B]B([B])B([B])B(B([B])[B])B1CC1CCCCI.[B]B([B])B([B])B(B([B])[B])B1CC1CCCCOS(=O)(=O)c1ccc(C)cc1. The molecule has 4 rings (SSSR count). The molecule has 2 saturated heterocycles. The van der Waals surface area contributed by atoms with E-state index in [1.165, 1.54) is 30.0 Å². The van der Waals surface area contributed by atoms with E-state index in [-0.39, 0.29) is 48.8 Å². The molecule has 2 aromatic carbocycles. The van der Waals surface area contributed by atoms with Gasteiger partial charge in [0.1, 0.15) is 0 Å². The van der Waals surface area contributed by atoms with Crippen molar-refractivity contribution in [3.8, 4) is 24.7 Å². The maximum atomic E-state index is 12.1. The summed E-state index contributed by atoms with van der Waals surface area (Å²) in [7, 11) is 50.8. The molecule has 20 radical (unpaired) electrons. The summed E-state index contributed by atoms with van der Waals surface area (Å²) in [6.45, 7) is 5.26. The van der Waals surface area contributed by atoms with Crippen molar-refractivity contribution in [1.82, 2.24) is 0 Å². The lowest BCUT2D eigenvalue weighted by atomic mass is 8.57. The van der Waals surface area contributed by atoms with Gasteiger partial charge in [-0.3, -0.25) is 8.37 Å². The molecule has 2 aliphatic rings. The van der Waals surface area contributed by atoms with E-state index in [1.807, 2.05) is 13.8 Å². The van der Waals surface area contributed by atoms with E-state index in [2.05, 4.69) is 34.4 Å². The summed E-state index contributed by atoms with van der Waals surface area (Å²) in [6.07, 6.45) is 20.2. The monoisotopic (exact) mass is 1030 g/mol. The van der Waals surface area contributed by atoms with Crippen LogP contribution in [0.1, 0.15) is 88.2 Å². The van der Waals surface area contributed by atoms with Crippen molar-refractivity contribution in [3.63, 3.8) is 0 Å². The van der Waals surface area contributed by atoms with Crippen LogP contribution < -0.4 is 0 Å². The Labute approximate surface area is 444 Å². The van der Waals surface area contributed by atoms with Gasteiger partial charge in [-0.1, -0.05) is 108 Å². The van der Waals surface area contributed by atoms with Crippen molar-refractivity contribution in [3.05, 3.63) is 59.7 Å². The summed E-state index contributed by atoms with van der Waals surface area (Å²) in [5.41, 5.74) is 2.01. The van der Waals surface area contributed by atoms with Crippen LogP contribution in [0.4, 0.5) is 0 Å². The maximum Gasteiger partial charge on any atom is 0.296 e. The average molecular weight is 1030 g/mol. The van der Waals surface area contributed by atoms with Crippen LogP contribution in [-0.4, -0.2) is 188 Å². The highest BCUT2D eigenvalue weighted by Crippen LogP contribution is 2.44. The van der Waals surface area contributed by atoms with Crippen molar-refractivity contribution >= 4 is 184 Å². The zero-order valence-electron chi connectivity index (χ0n) is 40.3. The minimum Gasteiger partial charge on any atom is -0.396 e. The van der Waals surface area contributed by atoms with Gasteiger partial charge in [0.25, 0.3) is 20.2 Å². The third kappa shape index (κ3) is 26.4. The van der Waals surface area contributed by atoms with Crippen LogP contribution in [0.3, 0.4) is 0 Å². The van der Waals surface area contributed by atoms with Gasteiger partial charge in [-0.05, 0) is 81.1 Å². The van der Waals surface area contributed by atoms with Crippen molar-refractivity contribution in [2.45, 2.75) is 125 Å². The zero-order chi connectivity index (χ0) is 51.5. The first-order valence-corrected chi connectivity index (χ1v) is 28.0. The molecule has 0 saturated carbocycles. The molecule has 7 nitrogen and oxygen atoms in total. The minimum absolute atomic E-state index is 0.0552. The molecule has 0 bridgehead atoms. The van der Waals surface area contributed by atoms with Crippen molar-refractivity contribution < 1.29 is 30.3 Å². The van der Waals surface area contributed by atoms with Gasteiger partial charge in [-0.15, -0.1) is 24.7 Å². The fourth-order valence-electron chi connectivity index (χ4n) is 7.88. The molecule has 0 amide bonds. The van der Waals surface area contributed by atoms with Crippen molar-refractivity contribution in [2.75, 3.05) is 24.2 Å². The number of benzene rings is 2. The summed E-state index contributed by atoms with van der Waals surface area (Å²) in [6, 6.07) is 13.2. The number of hydrogen-bond donors (Lipinski definition) is 1. The lowest BCUT2D eigenvalue weighted by molar-refractivity contribution is 0.285. The molecule has 2 aliphatic heterocycles. The standard InChI is InChI=1S/C13H18B10O3S.C13H16O3S.C6H11B10I.C6H10O/c1-11-5-7-13(8-6-11)27(24,25)26-9-3-2-4-12-10-19(12)23(21(16)17)22(18)20(14)15;1-3-4-5-6-11-16-17(14,15)13-9-7-12(2)8-10-13;7-13(8)15(11)16(14(9)10)12-5-6(12)3-1-2-4-17;1-2-3-4-5-6-7/h5-8,12H,2-4,9-10H2,1H3;1,7-10H,4-6,11H2,2H3;6H,1-5H2;1,7H,3-6H2. The maximum absolute atomic E-state index is 12.1. The molecule has 2 aromatic rings. The number of unbranched alkanes of at least 4 members (excludes halogenated alkanes) is 6. The number of alkyl halides is 1. The van der Waals surface area contributed by atoms with Crippen LogP contribution in [0.15, 0.2) is 58.3 Å². The fourth-order valence-corrected chi connectivity index (χ4v) is 10.3. The summed E-state index contributed by atoms with van der Waals surface area (Å²) in [5.74, 6) is 6.19. The highest BCUT2D eigenvalue weighted by molar-refractivity contribution is 14.1. The average Bonchev–Trinajstić information content (AvgIpc) is 4.22. The minimum atomic E-state index is -3.70. The van der Waals surface area contributed by atoms with Crippen LogP contribution in [-0.2, 0) is 28.6 Å². The van der Waals surface area contributed by atoms with Crippen LogP contribution >= 0.6 is 22.6 Å². The number of halogens is 1. The third-order valence-corrected chi connectivity index (χ3v) is 15.5. The number of terminal acetylenes is 2. The Morgan fingerprint density at radius 3 is 1.26 bits per heavy atom. The predicted octanol–water partition coefficient (Wildman–Crippen LogP) is 1.74. The van der Waals surface area contributed by atoms with E-state index in [9.17, 15) is 16.8 Å². The Balaban J connectivity index is 0.000000492. The molecule has 0 spiro atoms. The first kappa shape index (κ1) is 65.4. The molecule has 0 aliphatic carbocycles. The molecule has 2 atom stereocenters. The molecule has 68 heavy (non-hydrogen) atoms. The van der Waals surface area contributed by atoms with Crippen LogP contribution in [0.2, 0.25) is 24.3 Å². The fraction of sp³-hybridized carbons (Fsp3) is 0.579. The zero-order valence-corrected chi connectivity index (χ0v) is 44.1. The molecule has 0 aromatic heterocycles. The second kappa shape index (κ2) is 35.5. The van der Waals surface area contributed by atoms with Crippen LogP contribution in [0.25, 0.3) is 0 Å². The Morgan fingerprint density at radius 2 is 0.941 bits per heavy atom. The number of aryl methyl sites for hydroxylation is 2. The number of hydrogen-bond acceptors (Lipinski definition) is 7. The van der Waals surface area contributed by atoms with Crippen molar-refractivity contribution in [2.24, 2.45) is 0 Å². The van der Waals surface area contributed by atoms with Gasteiger partial charge in [-0.2, -0.15) is 16.8 Å². The Bertz CT molecular complexity index is 1980. The predicted molar refractivity (Wildman–Crippen MR) is 320 cm³/mol. The van der Waals surface area contributed by atoms with Gasteiger partial charge in [0, 0.05) is 148 Å². The molecule has 1 N–H and O–H groups in total. The molecule has 30 heteroatoms. The van der Waals surface area contributed by atoms with Gasteiger partial charge in [0.2, 0.25) is 0 Å². The molecule has 2 heterocycles. The third-order valence-electron chi connectivity index (χ3n) is 12.1. The van der Waals surface area contributed by atoms with E-state index in [4.69, 9.17) is 104 Å². The number of rotatable bonds is 28. The van der Waals surface area contributed by atoms with Crippen molar-refractivity contribution in [1.29, 1.82) is 0 Å². The first-order chi connectivity index (χ1) is 32.1. The second-order valence-electron chi connectivity index (χ2n) is 17.8. The van der Waals surface area contributed by atoms with E-state index < -0.39 is 52.2 Å². The molecule has 2 fully saturated rings. The number of aliphatic hydroxyl groups is 1. The van der Waals surface area contributed by atoms with E-state index in [0.717, 1.165) is 61.8 Å². The van der Waals surface area contributed by atoms with E-state index in [0.29, 0.717) is 38.3 Å². The Morgan fingerprint density at radius 1 is 0.588 bits per heavy atom. The first-order valence-electron chi connectivity index (χ1n) is 23.6. The van der Waals surface area contributed by atoms with Gasteiger partial charge in [0.15, 0.2) is 0 Å². The Hall–Kier alpha value is -0.631. The topological polar surface area (TPSA) is 107 Å². The summed E-state index contributed by atoms with van der Waals surface area (Å²) >= 11 is 2.41. The van der Waals surface area contributed by atoms with Gasteiger partial charge < -0.3 is 5.11 Å². The quantitative estimate of drug-likeness (QED) is 0.0346. The smallest absolute Gasteiger partial charge is 0.296 e. The molecular formula is C38H55B20IO7S2. The summed E-state index contributed by atoms with van der Waals surface area (Å²) in [4.78, 5) is 0.377. The highest BCUT2D eigenvalue weighted by Gasteiger charge is 2.50. The summed E-state index contributed by atoms with van der Waals surface area (Å²) in [5, 5.41) is 8.22. The van der Waals surface area contributed by atoms with E-state index in [1.54, 1.807) is 48.5 Å². The summed E-state index contributed by atoms with van der Waals surface area (Å²) < 4.78 is 58.9. The van der Waals surface area contributed by atoms with Crippen LogP contribution in [0.5, 0.6) is 0 Å². The lowest BCUT2D eigenvalue weighted by Gasteiger charge is -2.25. The van der Waals surface area contributed by atoms with Gasteiger partial charge in [0.05, 0.1) is 36.2 Å².